The van der Waals surface area contributed by atoms with Crippen LogP contribution in [-0.2, 0) is 14.8 Å². The van der Waals surface area contributed by atoms with Crippen molar-refractivity contribution in [1.82, 2.24) is 9.62 Å². The first-order valence-corrected chi connectivity index (χ1v) is 12.4. The van der Waals surface area contributed by atoms with Crippen LogP contribution < -0.4 is 5.32 Å². The van der Waals surface area contributed by atoms with Crippen molar-refractivity contribution >= 4 is 26.9 Å². The van der Waals surface area contributed by atoms with Crippen molar-refractivity contribution in [2.24, 2.45) is 11.8 Å². The fourth-order valence-electron chi connectivity index (χ4n) is 4.13. The highest BCUT2D eigenvalue weighted by molar-refractivity contribution is 7.89. The normalized spacial score (nSPS) is 20.0. The maximum atomic E-state index is 13.1. The molecule has 1 aliphatic carbocycles. The molecular formula is C24H34N2O4S. The third-order valence-electron chi connectivity index (χ3n) is 5.84. The number of alkyl carbamates (subject to hydrolysis) is 1. The van der Waals surface area contributed by atoms with Crippen molar-refractivity contribution in [3.8, 4) is 0 Å². The predicted molar refractivity (Wildman–Crippen MR) is 123 cm³/mol. The van der Waals surface area contributed by atoms with Crippen molar-refractivity contribution in [1.29, 1.82) is 0 Å². The molecule has 1 saturated carbocycles. The van der Waals surface area contributed by atoms with E-state index in [-0.39, 0.29) is 6.09 Å². The molecule has 0 spiro atoms. The standard InChI is InChI=1S/C24H34N2O4S/c1-24(2,3)30-23(27)25-16-18-9-11-19(12-10-18)17-26(4)31(28,29)22-14-13-20-7-5-6-8-21(20)15-22/h5-8,13-15,18-19H,9-12,16-17H2,1-4H3,(H,25,27). The zero-order valence-corrected chi connectivity index (χ0v) is 19.7. The lowest BCUT2D eigenvalue weighted by atomic mass is 9.82. The number of nitrogens with one attached hydrogen (secondary N) is 1. The van der Waals surface area contributed by atoms with Crippen LogP contribution in [0.3, 0.4) is 0 Å². The van der Waals surface area contributed by atoms with Crippen LogP contribution in [0.5, 0.6) is 0 Å². The molecule has 7 heteroatoms. The van der Waals surface area contributed by atoms with Crippen molar-refractivity contribution < 1.29 is 17.9 Å². The summed E-state index contributed by atoms with van der Waals surface area (Å²) in [5.74, 6) is 0.740. The summed E-state index contributed by atoms with van der Waals surface area (Å²) in [6.07, 6.45) is 3.49. The second-order valence-electron chi connectivity index (χ2n) is 9.56. The fraction of sp³-hybridized carbons (Fsp3) is 0.542. The molecule has 0 saturated heterocycles. The van der Waals surface area contributed by atoms with Crippen LogP contribution in [0.15, 0.2) is 47.4 Å². The lowest BCUT2D eigenvalue weighted by Gasteiger charge is -2.31. The number of carbonyl (C=O) groups is 1. The highest BCUT2D eigenvalue weighted by Crippen LogP contribution is 2.30. The molecule has 0 atom stereocenters. The van der Waals surface area contributed by atoms with Crippen LogP contribution in [-0.4, -0.2) is 44.6 Å². The average Bonchev–Trinajstić information content (AvgIpc) is 2.71. The van der Waals surface area contributed by atoms with E-state index in [9.17, 15) is 13.2 Å². The third-order valence-corrected chi connectivity index (χ3v) is 7.66. The molecule has 0 heterocycles. The SMILES string of the molecule is CN(CC1CCC(CNC(=O)OC(C)(C)C)CC1)S(=O)(=O)c1ccc2ccccc2c1. The summed E-state index contributed by atoms with van der Waals surface area (Å²) in [7, 11) is -1.86. The molecule has 1 N–H and O–H groups in total. The summed E-state index contributed by atoms with van der Waals surface area (Å²) in [6.45, 7) is 6.66. The van der Waals surface area contributed by atoms with Gasteiger partial charge >= 0.3 is 6.09 Å². The number of rotatable bonds is 6. The molecule has 0 radical (unpaired) electrons. The minimum Gasteiger partial charge on any atom is -0.444 e. The van der Waals surface area contributed by atoms with Gasteiger partial charge in [0.25, 0.3) is 0 Å². The molecule has 1 aliphatic rings. The summed E-state index contributed by atoms with van der Waals surface area (Å²) >= 11 is 0. The number of hydrogen-bond donors (Lipinski definition) is 1. The van der Waals surface area contributed by atoms with E-state index in [1.165, 1.54) is 4.31 Å². The summed E-state index contributed by atoms with van der Waals surface area (Å²) in [5, 5.41) is 4.81. The van der Waals surface area contributed by atoms with Crippen LogP contribution in [0.1, 0.15) is 46.5 Å². The van der Waals surface area contributed by atoms with Crippen LogP contribution in [0.4, 0.5) is 4.79 Å². The molecule has 0 bridgehead atoms. The van der Waals surface area contributed by atoms with E-state index in [1.54, 1.807) is 19.2 Å². The molecule has 2 aromatic carbocycles. The van der Waals surface area contributed by atoms with E-state index in [2.05, 4.69) is 5.32 Å². The minimum atomic E-state index is -3.52. The zero-order valence-electron chi connectivity index (χ0n) is 18.9. The van der Waals surface area contributed by atoms with Gasteiger partial charge in [-0.3, -0.25) is 0 Å². The van der Waals surface area contributed by atoms with Gasteiger partial charge in [-0.15, -0.1) is 0 Å². The molecule has 0 aromatic heterocycles. The Morgan fingerprint density at radius 2 is 1.65 bits per heavy atom. The number of fused-ring (bicyclic) bond motifs is 1. The largest absolute Gasteiger partial charge is 0.444 e. The first kappa shape index (κ1) is 23.5. The Morgan fingerprint density at radius 1 is 1.03 bits per heavy atom. The summed E-state index contributed by atoms with van der Waals surface area (Å²) in [6, 6.07) is 13.1. The first-order valence-electron chi connectivity index (χ1n) is 11.0. The second kappa shape index (κ2) is 9.57. The van der Waals surface area contributed by atoms with Gasteiger partial charge in [-0.25, -0.2) is 17.5 Å². The molecule has 1 fully saturated rings. The minimum absolute atomic E-state index is 0.331. The molecule has 1 amide bonds. The molecule has 0 aliphatic heterocycles. The maximum Gasteiger partial charge on any atom is 0.407 e. The Labute approximate surface area is 186 Å². The fourth-order valence-corrected chi connectivity index (χ4v) is 5.41. The zero-order chi connectivity index (χ0) is 22.6. The van der Waals surface area contributed by atoms with Crippen molar-refractivity contribution in [3.63, 3.8) is 0 Å². The summed E-state index contributed by atoms with van der Waals surface area (Å²) in [5.41, 5.74) is -0.497. The summed E-state index contributed by atoms with van der Waals surface area (Å²) < 4.78 is 32.9. The highest BCUT2D eigenvalue weighted by Gasteiger charge is 2.28. The number of carbonyl (C=O) groups excluding carboxylic acids is 1. The van der Waals surface area contributed by atoms with E-state index >= 15 is 0 Å². The lowest BCUT2D eigenvalue weighted by Crippen LogP contribution is -2.37. The van der Waals surface area contributed by atoms with Gasteiger partial charge in [-0.1, -0.05) is 30.3 Å². The van der Waals surface area contributed by atoms with Crippen molar-refractivity contribution in [3.05, 3.63) is 42.5 Å². The Morgan fingerprint density at radius 3 is 2.29 bits per heavy atom. The van der Waals surface area contributed by atoms with E-state index in [0.29, 0.717) is 29.8 Å². The lowest BCUT2D eigenvalue weighted by molar-refractivity contribution is 0.0513. The molecular weight excluding hydrogens is 412 g/mol. The Balaban J connectivity index is 1.51. The van der Waals surface area contributed by atoms with Crippen molar-refractivity contribution in [2.75, 3.05) is 20.1 Å². The highest BCUT2D eigenvalue weighted by atomic mass is 32.2. The van der Waals surface area contributed by atoms with Crippen LogP contribution >= 0.6 is 0 Å². The molecule has 3 rings (SSSR count). The Bertz CT molecular complexity index is 1010. The number of amides is 1. The van der Waals surface area contributed by atoms with Gasteiger partial charge < -0.3 is 10.1 Å². The smallest absolute Gasteiger partial charge is 0.407 e. The van der Waals surface area contributed by atoms with Crippen LogP contribution in [0.2, 0.25) is 0 Å². The predicted octanol–water partition coefficient (Wildman–Crippen LogP) is 4.79. The molecule has 2 aromatic rings. The average molecular weight is 447 g/mol. The molecule has 6 nitrogen and oxygen atoms in total. The molecule has 0 unspecified atom stereocenters. The second-order valence-corrected chi connectivity index (χ2v) is 11.6. The van der Waals surface area contributed by atoms with E-state index in [0.717, 1.165) is 36.5 Å². The first-order chi connectivity index (χ1) is 14.5. The topological polar surface area (TPSA) is 75.7 Å². The van der Waals surface area contributed by atoms with Gasteiger partial charge in [0.1, 0.15) is 5.60 Å². The Kier molecular flexibility index (Phi) is 7.27. The van der Waals surface area contributed by atoms with Gasteiger partial charge in [0, 0.05) is 20.1 Å². The van der Waals surface area contributed by atoms with Crippen LogP contribution in [0, 0.1) is 11.8 Å². The van der Waals surface area contributed by atoms with Crippen molar-refractivity contribution in [2.45, 2.75) is 57.0 Å². The Hall–Kier alpha value is -2.12. The van der Waals surface area contributed by atoms with Gasteiger partial charge in [0.2, 0.25) is 10.0 Å². The molecule has 170 valence electrons. The van der Waals surface area contributed by atoms with Gasteiger partial charge in [0.05, 0.1) is 4.90 Å². The van der Waals surface area contributed by atoms with Crippen LogP contribution in [0.25, 0.3) is 10.8 Å². The monoisotopic (exact) mass is 446 g/mol. The maximum absolute atomic E-state index is 13.1. The quantitative estimate of drug-likeness (QED) is 0.692. The number of sulfonamides is 1. The van der Waals surface area contributed by atoms with E-state index < -0.39 is 15.6 Å². The number of benzene rings is 2. The third kappa shape index (κ3) is 6.43. The van der Waals surface area contributed by atoms with E-state index in [4.69, 9.17) is 4.74 Å². The number of nitrogens with zero attached hydrogens (tertiary/aromatic N) is 1. The van der Waals surface area contributed by atoms with Gasteiger partial charge in [0.15, 0.2) is 0 Å². The van der Waals surface area contributed by atoms with E-state index in [1.807, 2.05) is 51.1 Å². The molecule has 31 heavy (non-hydrogen) atoms. The number of ether oxygens (including phenoxy) is 1. The van der Waals surface area contributed by atoms with Gasteiger partial charge in [-0.2, -0.15) is 0 Å². The van der Waals surface area contributed by atoms with Gasteiger partial charge in [-0.05, 0) is 81.2 Å². The summed E-state index contributed by atoms with van der Waals surface area (Å²) in [4.78, 5) is 12.2. The number of hydrogen-bond acceptors (Lipinski definition) is 4.